The van der Waals surface area contributed by atoms with Crippen LogP contribution in [0.15, 0.2) is 0 Å². The van der Waals surface area contributed by atoms with Crippen LogP contribution in [-0.4, -0.2) is 48.7 Å². The lowest BCUT2D eigenvalue weighted by Crippen LogP contribution is -2.52. The van der Waals surface area contributed by atoms with E-state index in [1.54, 1.807) is 15.7 Å². The van der Waals surface area contributed by atoms with Crippen molar-refractivity contribution in [2.45, 2.75) is 70.0 Å². The van der Waals surface area contributed by atoms with Gasteiger partial charge in [0.2, 0.25) is 0 Å². The molecule has 1 heterocycles. The Morgan fingerprint density at radius 1 is 1.11 bits per heavy atom. The van der Waals surface area contributed by atoms with E-state index in [-0.39, 0.29) is 18.1 Å². The van der Waals surface area contributed by atoms with E-state index in [9.17, 15) is 8.42 Å². The van der Waals surface area contributed by atoms with E-state index in [4.69, 9.17) is 5.73 Å². The normalized spacial score (nSPS) is 34.6. The molecule has 0 bridgehead atoms. The van der Waals surface area contributed by atoms with Gasteiger partial charge in [-0.25, -0.2) is 0 Å². The molecule has 2 rings (SSSR count). The number of rotatable bonds is 3. The van der Waals surface area contributed by atoms with Gasteiger partial charge < -0.3 is 5.73 Å². The fourth-order valence-corrected chi connectivity index (χ4v) is 5.07. The predicted molar refractivity (Wildman–Crippen MR) is 76.9 cm³/mol. The van der Waals surface area contributed by atoms with E-state index in [2.05, 4.69) is 0 Å². The molecule has 0 spiro atoms. The van der Waals surface area contributed by atoms with Crippen LogP contribution in [0.3, 0.4) is 0 Å². The molecule has 6 heteroatoms. The van der Waals surface area contributed by atoms with Crippen molar-refractivity contribution < 1.29 is 8.42 Å². The summed E-state index contributed by atoms with van der Waals surface area (Å²) in [4.78, 5) is 0. The zero-order valence-electron chi connectivity index (χ0n) is 12.1. The molecular formula is C13H27N3O2S. The first-order chi connectivity index (χ1) is 8.93. The summed E-state index contributed by atoms with van der Waals surface area (Å²) in [5.41, 5.74) is 5.89. The van der Waals surface area contributed by atoms with Gasteiger partial charge in [-0.3, -0.25) is 0 Å². The standard InChI is InChI=1S/C13H27N3O2S/c1-11-5-3-4-10-16(11)19(17,18)15(2)13-8-6-12(14)7-9-13/h11-13H,3-10,14H2,1-2H3. The number of piperidine rings is 1. The third kappa shape index (κ3) is 3.29. The van der Waals surface area contributed by atoms with E-state index < -0.39 is 10.2 Å². The molecule has 0 aromatic rings. The lowest BCUT2D eigenvalue weighted by atomic mass is 9.92. The fourth-order valence-electron chi connectivity index (χ4n) is 3.23. The van der Waals surface area contributed by atoms with Crippen molar-refractivity contribution >= 4 is 10.2 Å². The minimum absolute atomic E-state index is 0.124. The van der Waals surface area contributed by atoms with Crippen molar-refractivity contribution in [2.75, 3.05) is 13.6 Å². The van der Waals surface area contributed by atoms with Gasteiger partial charge in [0.25, 0.3) is 10.2 Å². The second kappa shape index (κ2) is 6.08. The highest BCUT2D eigenvalue weighted by atomic mass is 32.2. The maximum absolute atomic E-state index is 12.7. The quantitative estimate of drug-likeness (QED) is 0.852. The molecule has 0 radical (unpaired) electrons. The average molecular weight is 289 g/mol. The summed E-state index contributed by atoms with van der Waals surface area (Å²) < 4.78 is 28.7. The van der Waals surface area contributed by atoms with Crippen LogP contribution in [0, 0.1) is 0 Å². The van der Waals surface area contributed by atoms with Gasteiger partial charge >= 0.3 is 0 Å². The van der Waals surface area contributed by atoms with Gasteiger partial charge in [-0.2, -0.15) is 17.0 Å². The Labute approximate surface area is 117 Å². The third-order valence-corrected chi connectivity index (χ3v) is 6.82. The Hall–Kier alpha value is -0.170. The van der Waals surface area contributed by atoms with Gasteiger partial charge in [0, 0.05) is 31.7 Å². The molecule has 1 unspecified atom stereocenters. The van der Waals surface area contributed by atoms with Crippen LogP contribution in [0.5, 0.6) is 0 Å². The zero-order chi connectivity index (χ0) is 14.0. The van der Waals surface area contributed by atoms with Crippen LogP contribution < -0.4 is 5.73 Å². The van der Waals surface area contributed by atoms with Gasteiger partial charge in [-0.15, -0.1) is 0 Å². The molecule has 0 amide bonds. The molecule has 0 aromatic heterocycles. The second-order valence-electron chi connectivity index (χ2n) is 6.05. The summed E-state index contributed by atoms with van der Waals surface area (Å²) in [6.45, 7) is 2.68. The van der Waals surface area contributed by atoms with Gasteiger partial charge in [0.15, 0.2) is 0 Å². The molecular weight excluding hydrogens is 262 g/mol. The van der Waals surface area contributed by atoms with Crippen LogP contribution in [0.4, 0.5) is 0 Å². The van der Waals surface area contributed by atoms with Gasteiger partial charge in [0.05, 0.1) is 0 Å². The molecule has 1 saturated carbocycles. The maximum atomic E-state index is 12.7. The van der Waals surface area contributed by atoms with Crippen molar-refractivity contribution in [1.29, 1.82) is 0 Å². The van der Waals surface area contributed by atoms with Gasteiger partial charge in [-0.05, 0) is 45.4 Å². The lowest BCUT2D eigenvalue weighted by molar-refractivity contribution is 0.217. The highest BCUT2D eigenvalue weighted by Crippen LogP contribution is 2.27. The first-order valence-electron chi connectivity index (χ1n) is 7.43. The molecule has 1 aliphatic heterocycles. The van der Waals surface area contributed by atoms with Crippen molar-refractivity contribution in [1.82, 2.24) is 8.61 Å². The van der Waals surface area contributed by atoms with Crippen LogP contribution in [-0.2, 0) is 10.2 Å². The smallest absolute Gasteiger partial charge is 0.282 e. The monoisotopic (exact) mass is 289 g/mol. The lowest BCUT2D eigenvalue weighted by Gasteiger charge is -2.39. The topological polar surface area (TPSA) is 66.6 Å². The molecule has 1 aliphatic carbocycles. The van der Waals surface area contributed by atoms with E-state index in [0.29, 0.717) is 6.54 Å². The highest BCUT2D eigenvalue weighted by Gasteiger charge is 2.36. The summed E-state index contributed by atoms with van der Waals surface area (Å²) in [5, 5.41) is 0. The van der Waals surface area contributed by atoms with E-state index >= 15 is 0 Å². The third-order valence-electron chi connectivity index (χ3n) is 4.66. The Morgan fingerprint density at radius 2 is 1.74 bits per heavy atom. The van der Waals surface area contributed by atoms with E-state index in [0.717, 1.165) is 44.9 Å². The van der Waals surface area contributed by atoms with Crippen LogP contribution in [0.25, 0.3) is 0 Å². The second-order valence-corrected chi connectivity index (χ2v) is 7.99. The Morgan fingerprint density at radius 3 is 2.32 bits per heavy atom. The molecule has 2 aliphatic rings. The fraction of sp³-hybridized carbons (Fsp3) is 1.00. The largest absolute Gasteiger partial charge is 0.328 e. The summed E-state index contributed by atoms with van der Waals surface area (Å²) in [5.74, 6) is 0. The molecule has 2 N–H and O–H groups in total. The Kier molecular flexibility index (Phi) is 4.87. The molecule has 112 valence electrons. The number of nitrogens with zero attached hydrogens (tertiary/aromatic N) is 2. The van der Waals surface area contributed by atoms with Gasteiger partial charge in [-0.1, -0.05) is 6.42 Å². The summed E-state index contributed by atoms with van der Waals surface area (Å²) >= 11 is 0. The van der Waals surface area contributed by atoms with E-state index in [1.807, 2.05) is 6.92 Å². The highest BCUT2D eigenvalue weighted by molar-refractivity contribution is 7.86. The molecule has 2 fully saturated rings. The first kappa shape index (κ1) is 15.2. The Bertz CT molecular complexity index is 391. The summed E-state index contributed by atoms with van der Waals surface area (Å²) in [6.07, 6.45) is 6.73. The molecule has 1 saturated heterocycles. The van der Waals surface area contributed by atoms with Crippen molar-refractivity contribution in [3.05, 3.63) is 0 Å². The van der Waals surface area contributed by atoms with Crippen LogP contribution in [0.1, 0.15) is 51.9 Å². The van der Waals surface area contributed by atoms with Crippen molar-refractivity contribution in [3.63, 3.8) is 0 Å². The molecule has 19 heavy (non-hydrogen) atoms. The number of hydrogen-bond acceptors (Lipinski definition) is 3. The number of nitrogens with two attached hydrogens (primary N) is 1. The molecule has 5 nitrogen and oxygen atoms in total. The van der Waals surface area contributed by atoms with E-state index in [1.165, 1.54) is 0 Å². The van der Waals surface area contributed by atoms with Gasteiger partial charge in [0.1, 0.15) is 0 Å². The summed E-state index contributed by atoms with van der Waals surface area (Å²) in [7, 11) is -1.57. The minimum Gasteiger partial charge on any atom is -0.328 e. The zero-order valence-corrected chi connectivity index (χ0v) is 12.9. The number of hydrogen-bond donors (Lipinski definition) is 1. The molecule has 1 atom stereocenters. The van der Waals surface area contributed by atoms with Crippen molar-refractivity contribution in [3.8, 4) is 0 Å². The van der Waals surface area contributed by atoms with Crippen LogP contribution >= 0.6 is 0 Å². The molecule has 0 aromatic carbocycles. The Balaban J connectivity index is 2.05. The van der Waals surface area contributed by atoms with Crippen molar-refractivity contribution in [2.24, 2.45) is 5.73 Å². The SMILES string of the molecule is CC1CCCCN1S(=O)(=O)N(C)C1CCC(N)CC1. The summed E-state index contributed by atoms with van der Waals surface area (Å²) in [6, 6.07) is 0.507. The minimum atomic E-state index is -3.30. The maximum Gasteiger partial charge on any atom is 0.282 e. The average Bonchev–Trinajstić information content (AvgIpc) is 2.39. The predicted octanol–water partition coefficient (Wildman–Crippen LogP) is 1.31. The van der Waals surface area contributed by atoms with Crippen LogP contribution in [0.2, 0.25) is 0 Å². The first-order valence-corrected chi connectivity index (χ1v) is 8.83.